The fourth-order valence-electron chi connectivity index (χ4n) is 2.28. The van der Waals surface area contributed by atoms with Crippen LogP contribution in [-0.2, 0) is 4.79 Å². The first kappa shape index (κ1) is 19.0. The molecule has 1 N–H and O–H groups in total. The summed E-state index contributed by atoms with van der Waals surface area (Å²) < 4.78 is 5.61. The molecule has 2 rings (SSSR count). The van der Waals surface area contributed by atoms with Gasteiger partial charge in [-0.1, -0.05) is 48.9 Å². The fourth-order valence-corrected chi connectivity index (χ4v) is 2.39. The molecule has 0 aromatic heterocycles. The molecule has 4 nitrogen and oxygen atoms in total. The Balaban J connectivity index is 1.79. The van der Waals surface area contributed by atoms with E-state index in [4.69, 9.17) is 16.3 Å². The Morgan fingerprint density at radius 1 is 1.24 bits per heavy atom. The fraction of sp³-hybridized carbons (Fsp3) is 0.300. The highest BCUT2D eigenvalue weighted by molar-refractivity contribution is 6.31. The van der Waals surface area contributed by atoms with Crippen LogP contribution in [0.2, 0.25) is 5.02 Å². The number of amides is 1. The van der Waals surface area contributed by atoms with E-state index in [-0.39, 0.29) is 5.91 Å². The molecule has 2 aromatic rings. The number of rotatable bonds is 7. The zero-order chi connectivity index (χ0) is 18.2. The molecule has 0 aliphatic carbocycles. The second kappa shape index (κ2) is 9.23. The smallest absolute Gasteiger partial charge is 0.280 e. The lowest BCUT2D eigenvalue weighted by Gasteiger charge is -2.14. The number of carbonyl (C=O) groups excluding carboxylic acids is 1. The number of halogens is 1. The van der Waals surface area contributed by atoms with Crippen molar-refractivity contribution in [1.82, 2.24) is 5.43 Å². The summed E-state index contributed by atoms with van der Waals surface area (Å²) in [5.41, 5.74) is 4.66. The standard InChI is InChI=1S/C20H23ClN2O2/c1-14(17-7-5-4-6-8-17)11-12-22-23-20(24)16(3)25-18-9-10-19(21)15(2)13-18/h4-10,12-14,16H,11H2,1-3H3,(H,23,24)/b22-12-/t14-,16-/m1/s1. The maximum Gasteiger partial charge on any atom is 0.280 e. The average Bonchev–Trinajstić information content (AvgIpc) is 2.62. The van der Waals surface area contributed by atoms with Crippen LogP contribution in [0.15, 0.2) is 53.6 Å². The third-order valence-corrected chi connectivity index (χ3v) is 4.33. The van der Waals surface area contributed by atoms with E-state index in [1.165, 1.54) is 5.56 Å². The van der Waals surface area contributed by atoms with Gasteiger partial charge in [-0.2, -0.15) is 5.10 Å². The quantitative estimate of drug-likeness (QED) is 0.575. The molecule has 2 aromatic carbocycles. The molecule has 0 saturated heterocycles. The van der Waals surface area contributed by atoms with Gasteiger partial charge < -0.3 is 4.74 Å². The minimum atomic E-state index is -0.649. The van der Waals surface area contributed by atoms with Crippen LogP contribution in [0.25, 0.3) is 0 Å². The molecule has 0 heterocycles. The molecule has 0 unspecified atom stereocenters. The Bertz CT molecular complexity index is 732. The number of nitrogens with one attached hydrogen (secondary N) is 1. The molecule has 0 bridgehead atoms. The normalized spacial score (nSPS) is 13.4. The molecule has 5 heteroatoms. The van der Waals surface area contributed by atoms with E-state index < -0.39 is 6.10 Å². The van der Waals surface area contributed by atoms with Gasteiger partial charge in [0.05, 0.1) is 0 Å². The van der Waals surface area contributed by atoms with Crippen LogP contribution >= 0.6 is 11.6 Å². The topological polar surface area (TPSA) is 50.7 Å². The van der Waals surface area contributed by atoms with E-state index in [2.05, 4.69) is 29.6 Å². The molecule has 25 heavy (non-hydrogen) atoms. The summed E-state index contributed by atoms with van der Waals surface area (Å²) in [5.74, 6) is 0.648. The van der Waals surface area contributed by atoms with Crippen LogP contribution in [0.3, 0.4) is 0 Å². The van der Waals surface area contributed by atoms with Gasteiger partial charge in [-0.25, -0.2) is 5.43 Å². The highest BCUT2D eigenvalue weighted by atomic mass is 35.5. The van der Waals surface area contributed by atoms with Crippen LogP contribution in [0.1, 0.15) is 37.3 Å². The number of ether oxygens (including phenoxy) is 1. The first-order chi connectivity index (χ1) is 12.0. The van der Waals surface area contributed by atoms with Crippen molar-refractivity contribution in [2.45, 2.75) is 39.2 Å². The first-order valence-corrected chi connectivity index (χ1v) is 8.64. The van der Waals surface area contributed by atoms with Crippen LogP contribution in [-0.4, -0.2) is 18.2 Å². The van der Waals surface area contributed by atoms with Gasteiger partial charge >= 0.3 is 0 Å². The zero-order valence-electron chi connectivity index (χ0n) is 14.7. The van der Waals surface area contributed by atoms with E-state index in [1.807, 2.05) is 25.1 Å². The Hall–Kier alpha value is -2.33. The van der Waals surface area contributed by atoms with Crippen molar-refractivity contribution in [3.8, 4) is 5.75 Å². The lowest BCUT2D eigenvalue weighted by atomic mass is 9.99. The minimum absolute atomic E-state index is 0.295. The number of aryl methyl sites for hydroxylation is 1. The minimum Gasteiger partial charge on any atom is -0.481 e. The van der Waals surface area contributed by atoms with Crippen LogP contribution in [0.5, 0.6) is 5.75 Å². The Labute approximate surface area is 153 Å². The van der Waals surface area contributed by atoms with Crippen molar-refractivity contribution in [2.75, 3.05) is 0 Å². The SMILES string of the molecule is Cc1cc(O[C@H](C)C(=O)N/N=C\C[C@@H](C)c2ccccc2)ccc1Cl. The van der Waals surface area contributed by atoms with E-state index in [0.29, 0.717) is 16.7 Å². The van der Waals surface area contributed by atoms with Gasteiger partial charge in [0.2, 0.25) is 0 Å². The van der Waals surface area contributed by atoms with E-state index in [1.54, 1.807) is 31.3 Å². The van der Waals surface area contributed by atoms with Gasteiger partial charge in [0.1, 0.15) is 5.75 Å². The zero-order valence-corrected chi connectivity index (χ0v) is 15.5. The summed E-state index contributed by atoms with van der Waals surface area (Å²) in [7, 11) is 0. The van der Waals surface area contributed by atoms with Crippen molar-refractivity contribution in [3.63, 3.8) is 0 Å². The predicted molar refractivity (Wildman–Crippen MR) is 102 cm³/mol. The van der Waals surface area contributed by atoms with Crippen molar-refractivity contribution in [3.05, 3.63) is 64.7 Å². The second-order valence-corrected chi connectivity index (χ2v) is 6.41. The van der Waals surface area contributed by atoms with Crippen LogP contribution in [0.4, 0.5) is 0 Å². The molecule has 2 atom stereocenters. The molecule has 0 spiro atoms. The number of carbonyl (C=O) groups is 1. The van der Waals surface area contributed by atoms with E-state index >= 15 is 0 Å². The van der Waals surface area contributed by atoms with Crippen molar-refractivity contribution < 1.29 is 9.53 Å². The van der Waals surface area contributed by atoms with Crippen molar-refractivity contribution in [2.24, 2.45) is 5.10 Å². The molecular formula is C20H23ClN2O2. The number of hydrogen-bond acceptors (Lipinski definition) is 3. The van der Waals surface area contributed by atoms with E-state index in [9.17, 15) is 4.79 Å². The summed E-state index contributed by atoms with van der Waals surface area (Å²) in [6, 6.07) is 15.5. The number of benzene rings is 2. The molecule has 0 saturated carbocycles. The van der Waals surface area contributed by atoms with E-state index in [0.717, 1.165) is 12.0 Å². The first-order valence-electron chi connectivity index (χ1n) is 8.26. The Kier molecular flexibility index (Phi) is 7.02. The lowest BCUT2D eigenvalue weighted by molar-refractivity contribution is -0.127. The largest absolute Gasteiger partial charge is 0.481 e. The number of nitrogens with zero attached hydrogens (tertiary/aromatic N) is 1. The molecule has 0 fully saturated rings. The summed E-state index contributed by atoms with van der Waals surface area (Å²) in [4.78, 5) is 12.0. The monoisotopic (exact) mass is 358 g/mol. The van der Waals surface area contributed by atoms with Crippen LogP contribution in [0, 0.1) is 6.92 Å². The second-order valence-electron chi connectivity index (χ2n) is 6.01. The van der Waals surface area contributed by atoms with Gasteiger partial charge in [-0.15, -0.1) is 0 Å². The predicted octanol–water partition coefficient (Wildman–Crippen LogP) is 4.71. The maximum absolute atomic E-state index is 12.0. The average molecular weight is 359 g/mol. The molecular weight excluding hydrogens is 336 g/mol. The van der Waals surface area contributed by atoms with Gasteiger partial charge in [0.25, 0.3) is 5.91 Å². The lowest BCUT2D eigenvalue weighted by Crippen LogP contribution is -2.33. The maximum atomic E-state index is 12.0. The molecule has 0 aliphatic rings. The molecule has 0 radical (unpaired) electrons. The summed E-state index contributed by atoms with van der Waals surface area (Å²) in [5, 5.41) is 4.67. The van der Waals surface area contributed by atoms with Crippen LogP contribution < -0.4 is 10.2 Å². The summed E-state index contributed by atoms with van der Waals surface area (Å²) >= 11 is 5.98. The molecule has 132 valence electrons. The van der Waals surface area contributed by atoms with Gasteiger partial charge in [-0.05, 0) is 55.5 Å². The summed E-state index contributed by atoms with van der Waals surface area (Å²) in [6.07, 6.45) is 1.81. The van der Waals surface area contributed by atoms with Gasteiger partial charge in [0.15, 0.2) is 6.10 Å². The molecule has 1 amide bonds. The van der Waals surface area contributed by atoms with Gasteiger partial charge in [0, 0.05) is 11.2 Å². The highest BCUT2D eigenvalue weighted by Crippen LogP contribution is 2.22. The number of hydrazone groups is 1. The van der Waals surface area contributed by atoms with Crippen molar-refractivity contribution >= 4 is 23.7 Å². The Morgan fingerprint density at radius 2 is 1.96 bits per heavy atom. The van der Waals surface area contributed by atoms with Crippen molar-refractivity contribution in [1.29, 1.82) is 0 Å². The summed E-state index contributed by atoms with van der Waals surface area (Å²) in [6.45, 7) is 5.69. The highest BCUT2D eigenvalue weighted by Gasteiger charge is 2.14. The number of hydrogen-bond donors (Lipinski definition) is 1. The third kappa shape index (κ3) is 5.91. The molecule has 0 aliphatic heterocycles. The third-order valence-electron chi connectivity index (χ3n) is 3.91. The van der Waals surface area contributed by atoms with Gasteiger partial charge in [-0.3, -0.25) is 4.79 Å². The Morgan fingerprint density at radius 3 is 2.64 bits per heavy atom.